The molecular weight excluding hydrogens is 234 g/mol. The summed E-state index contributed by atoms with van der Waals surface area (Å²) in [5.41, 5.74) is 2.52. The van der Waals surface area contributed by atoms with E-state index in [0.717, 1.165) is 28.0 Å². The van der Waals surface area contributed by atoms with Crippen LogP contribution in [0.3, 0.4) is 0 Å². The first-order valence-corrected chi connectivity index (χ1v) is 6.34. The lowest BCUT2D eigenvalue weighted by Gasteiger charge is -2.21. The van der Waals surface area contributed by atoms with Gasteiger partial charge in [-0.05, 0) is 6.07 Å². The Bertz CT molecular complexity index is 605. The molecule has 1 fully saturated rings. The number of nitrogens with one attached hydrogen (secondary N) is 2. The van der Waals surface area contributed by atoms with Crippen LogP contribution in [0.4, 0.5) is 0 Å². The Morgan fingerprint density at radius 1 is 1.41 bits per heavy atom. The van der Waals surface area contributed by atoms with E-state index < -0.39 is 0 Å². The number of aromatic amines is 1. The molecule has 17 heavy (non-hydrogen) atoms. The van der Waals surface area contributed by atoms with Crippen LogP contribution in [0.5, 0.6) is 0 Å². The van der Waals surface area contributed by atoms with Crippen LogP contribution in [0.1, 0.15) is 10.9 Å². The number of carbonyl (C=O) groups is 1. The van der Waals surface area contributed by atoms with E-state index in [-0.39, 0.29) is 11.2 Å². The third-order valence-electron chi connectivity index (χ3n) is 2.71. The number of hydrogen-bond donors (Lipinski definition) is 2. The Balaban J connectivity index is 2.04. The number of H-pyrrole nitrogens is 1. The van der Waals surface area contributed by atoms with Gasteiger partial charge in [-0.25, -0.2) is 0 Å². The maximum atomic E-state index is 11.9. The van der Waals surface area contributed by atoms with Crippen LogP contribution in [-0.2, 0) is 4.79 Å². The van der Waals surface area contributed by atoms with Gasteiger partial charge in [0.15, 0.2) is 0 Å². The van der Waals surface area contributed by atoms with Crippen LogP contribution >= 0.6 is 11.8 Å². The van der Waals surface area contributed by atoms with Gasteiger partial charge in [0, 0.05) is 16.8 Å². The summed E-state index contributed by atoms with van der Waals surface area (Å²) in [5.74, 6) is 0.695. The van der Waals surface area contributed by atoms with Gasteiger partial charge >= 0.3 is 0 Å². The molecular formula is C12H11N3OS. The van der Waals surface area contributed by atoms with Crippen molar-refractivity contribution in [2.45, 2.75) is 5.25 Å². The van der Waals surface area contributed by atoms with Crippen molar-refractivity contribution in [3.05, 3.63) is 42.2 Å². The Morgan fingerprint density at radius 2 is 2.24 bits per heavy atom. The first-order valence-electron chi connectivity index (χ1n) is 5.29. The SMILES string of the molecule is C=C1CSC(c2n[nH]c3ccccc23)C(=O)N1. The van der Waals surface area contributed by atoms with Gasteiger partial charge in [0.25, 0.3) is 0 Å². The van der Waals surface area contributed by atoms with Gasteiger partial charge < -0.3 is 5.32 Å². The Morgan fingerprint density at radius 3 is 3.06 bits per heavy atom. The second-order valence-corrected chi connectivity index (χ2v) is 5.03. The summed E-state index contributed by atoms with van der Waals surface area (Å²) >= 11 is 1.56. The van der Waals surface area contributed by atoms with Crippen molar-refractivity contribution < 1.29 is 4.79 Å². The summed E-state index contributed by atoms with van der Waals surface area (Å²) in [6.45, 7) is 3.76. The molecule has 2 heterocycles. The Hall–Kier alpha value is -1.75. The minimum Gasteiger partial charge on any atom is -0.328 e. The topological polar surface area (TPSA) is 57.8 Å². The van der Waals surface area contributed by atoms with E-state index in [0.29, 0.717) is 0 Å². The average Bonchev–Trinajstić information content (AvgIpc) is 2.73. The highest BCUT2D eigenvalue weighted by atomic mass is 32.2. The lowest BCUT2D eigenvalue weighted by Crippen LogP contribution is -2.32. The molecule has 4 nitrogen and oxygen atoms in total. The number of thioether (sulfide) groups is 1. The monoisotopic (exact) mass is 245 g/mol. The zero-order valence-corrected chi connectivity index (χ0v) is 9.88. The van der Waals surface area contributed by atoms with Crippen LogP contribution in [0.2, 0.25) is 0 Å². The van der Waals surface area contributed by atoms with Crippen molar-refractivity contribution in [3.63, 3.8) is 0 Å². The van der Waals surface area contributed by atoms with E-state index in [4.69, 9.17) is 0 Å². The molecule has 3 rings (SSSR count). The molecule has 86 valence electrons. The highest BCUT2D eigenvalue weighted by Crippen LogP contribution is 2.35. The van der Waals surface area contributed by atoms with Crippen LogP contribution < -0.4 is 5.32 Å². The van der Waals surface area contributed by atoms with Crippen LogP contribution in [0.15, 0.2) is 36.5 Å². The summed E-state index contributed by atoms with van der Waals surface area (Å²) in [6.07, 6.45) is 0. The normalized spacial score (nSPS) is 20.6. The first kappa shape index (κ1) is 10.4. The highest BCUT2D eigenvalue weighted by Gasteiger charge is 2.29. The smallest absolute Gasteiger partial charge is 0.243 e. The van der Waals surface area contributed by atoms with Crippen molar-refractivity contribution in [3.8, 4) is 0 Å². The third-order valence-corrected chi connectivity index (χ3v) is 4.00. The lowest BCUT2D eigenvalue weighted by atomic mass is 10.1. The predicted octanol–water partition coefficient (Wildman–Crippen LogP) is 1.98. The molecule has 2 aromatic rings. The molecule has 1 saturated heterocycles. The zero-order chi connectivity index (χ0) is 11.8. The fraction of sp³-hybridized carbons (Fsp3) is 0.167. The van der Waals surface area contributed by atoms with Crippen molar-refractivity contribution >= 4 is 28.6 Å². The van der Waals surface area contributed by atoms with Crippen LogP contribution in [-0.4, -0.2) is 21.9 Å². The molecule has 5 heteroatoms. The Kier molecular flexibility index (Phi) is 2.40. The van der Waals surface area contributed by atoms with Crippen molar-refractivity contribution in [2.75, 3.05) is 5.75 Å². The van der Waals surface area contributed by atoms with E-state index in [1.807, 2.05) is 24.3 Å². The number of aromatic nitrogens is 2. The highest BCUT2D eigenvalue weighted by molar-refractivity contribution is 8.00. The standard InChI is InChI=1S/C12H11N3OS/c1-7-6-17-11(12(16)13-7)10-8-4-2-3-5-9(8)14-15-10/h2-5,11H,1,6H2,(H,13,16)(H,14,15). The fourth-order valence-corrected chi connectivity index (χ4v) is 2.91. The minimum atomic E-state index is -0.253. The van der Waals surface area contributed by atoms with E-state index in [2.05, 4.69) is 22.1 Å². The molecule has 2 N–H and O–H groups in total. The molecule has 1 amide bonds. The van der Waals surface area contributed by atoms with Gasteiger partial charge in [0.2, 0.25) is 5.91 Å². The number of rotatable bonds is 1. The summed E-state index contributed by atoms with van der Waals surface area (Å²) in [7, 11) is 0. The van der Waals surface area contributed by atoms with E-state index in [1.54, 1.807) is 11.8 Å². The molecule has 1 aromatic carbocycles. The van der Waals surface area contributed by atoms with E-state index in [9.17, 15) is 4.79 Å². The zero-order valence-electron chi connectivity index (χ0n) is 9.06. The van der Waals surface area contributed by atoms with Crippen molar-refractivity contribution in [1.29, 1.82) is 0 Å². The molecule has 1 atom stereocenters. The second kappa shape index (κ2) is 3.92. The molecule has 0 saturated carbocycles. The fourth-order valence-electron chi connectivity index (χ4n) is 1.92. The number of hydrogen-bond acceptors (Lipinski definition) is 3. The van der Waals surface area contributed by atoms with Crippen molar-refractivity contribution in [1.82, 2.24) is 15.5 Å². The molecule has 0 spiro atoms. The average molecular weight is 245 g/mol. The van der Waals surface area contributed by atoms with Gasteiger partial charge in [-0.2, -0.15) is 5.10 Å². The van der Waals surface area contributed by atoms with Gasteiger partial charge in [0.05, 0.1) is 11.2 Å². The summed E-state index contributed by atoms with van der Waals surface area (Å²) in [4.78, 5) is 11.9. The van der Waals surface area contributed by atoms with Gasteiger partial charge in [-0.15, -0.1) is 11.8 Å². The summed E-state index contributed by atoms with van der Waals surface area (Å²) in [5, 5.41) is 10.7. The second-order valence-electron chi connectivity index (χ2n) is 3.94. The third kappa shape index (κ3) is 1.72. The summed E-state index contributed by atoms with van der Waals surface area (Å²) < 4.78 is 0. The lowest BCUT2D eigenvalue weighted by molar-refractivity contribution is -0.120. The summed E-state index contributed by atoms with van der Waals surface area (Å²) in [6, 6.07) is 7.83. The molecule has 1 aliphatic heterocycles. The number of para-hydroxylation sites is 1. The molecule has 1 aromatic heterocycles. The number of fused-ring (bicyclic) bond motifs is 1. The number of carbonyl (C=O) groups excluding carboxylic acids is 1. The minimum absolute atomic E-state index is 0.0384. The van der Waals surface area contributed by atoms with E-state index in [1.165, 1.54) is 0 Å². The predicted molar refractivity (Wildman–Crippen MR) is 68.6 cm³/mol. The van der Waals surface area contributed by atoms with Gasteiger partial charge in [-0.3, -0.25) is 9.89 Å². The van der Waals surface area contributed by atoms with Gasteiger partial charge in [-0.1, -0.05) is 24.8 Å². The molecule has 1 aliphatic rings. The number of amides is 1. The van der Waals surface area contributed by atoms with Crippen LogP contribution in [0, 0.1) is 0 Å². The Labute approximate surface area is 102 Å². The van der Waals surface area contributed by atoms with Crippen LogP contribution in [0.25, 0.3) is 10.9 Å². The molecule has 0 bridgehead atoms. The molecule has 0 aliphatic carbocycles. The number of nitrogens with zero attached hydrogens (tertiary/aromatic N) is 1. The molecule has 1 unspecified atom stereocenters. The molecule has 0 radical (unpaired) electrons. The number of benzene rings is 1. The largest absolute Gasteiger partial charge is 0.328 e. The van der Waals surface area contributed by atoms with E-state index >= 15 is 0 Å². The first-order chi connectivity index (χ1) is 8.25. The van der Waals surface area contributed by atoms with Gasteiger partial charge in [0.1, 0.15) is 5.25 Å². The maximum absolute atomic E-state index is 11.9. The van der Waals surface area contributed by atoms with Crippen molar-refractivity contribution in [2.24, 2.45) is 0 Å². The quantitative estimate of drug-likeness (QED) is 0.807. The maximum Gasteiger partial charge on any atom is 0.243 e.